The van der Waals surface area contributed by atoms with Crippen molar-refractivity contribution in [1.29, 1.82) is 0 Å². The molecular formula is C18H17FN2O2. The van der Waals surface area contributed by atoms with Gasteiger partial charge in [-0.15, -0.1) is 0 Å². The number of benzene rings is 2. The molecule has 1 aliphatic heterocycles. The molecule has 1 heterocycles. The van der Waals surface area contributed by atoms with E-state index in [1.165, 1.54) is 12.1 Å². The van der Waals surface area contributed by atoms with E-state index in [4.69, 9.17) is 0 Å². The minimum absolute atomic E-state index is 0.0565. The summed E-state index contributed by atoms with van der Waals surface area (Å²) in [5.74, 6) is -0.453. The van der Waals surface area contributed by atoms with Gasteiger partial charge in [0.15, 0.2) is 0 Å². The number of carbonyl (C=O) groups excluding carboxylic acids is 2. The third-order valence-electron chi connectivity index (χ3n) is 3.98. The van der Waals surface area contributed by atoms with Gasteiger partial charge in [0.25, 0.3) is 5.91 Å². The van der Waals surface area contributed by atoms with Crippen molar-refractivity contribution in [3.8, 4) is 0 Å². The van der Waals surface area contributed by atoms with Gasteiger partial charge in [0, 0.05) is 24.6 Å². The summed E-state index contributed by atoms with van der Waals surface area (Å²) < 4.78 is 12.9. The number of halogens is 1. The lowest BCUT2D eigenvalue weighted by molar-refractivity contribution is -0.120. The highest BCUT2D eigenvalue weighted by Crippen LogP contribution is 2.23. The van der Waals surface area contributed by atoms with Gasteiger partial charge in [-0.05, 0) is 29.3 Å². The fraction of sp³-hybridized carbons (Fsp3) is 0.222. The fourth-order valence-electron chi connectivity index (χ4n) is 2.75. The van der Waals surface area contributed by atoms with Gasteiger partial charge < -0.3 is 10.6 Å². The number of nitrogens with one attached hydrogen (secondary N) is 2. The van der Waals surface area contributed by atoms with Gasteiger partial charge in [0.05, 0.1) is 6.42 Å². The van der Waals surface area contributed by atoms with E-state index in [1.54, 1.807) is 18.2 Å². The molecule has 118 valence electrons. The van der Waals surface area contributed by atoms with E-state index in [1.807, 2.05) is 18.2 Å². The summed E-state index contributed by atoms with van der Waals surface area (Å²) in [7, 11) is 0. The van der Waals surface area contributed by atoms with Gasteiger partial charge in [0.2, 0.25) is 5.91 Å². The Balaban J connectivity index is 1.60. The van der Waals surface area contributed by atoms with Crippen LogP contribution in [0.4, 0.5) is 4.39 Å². The molecule has 3 rings (SSSR count). The second kappa shape index (κ2) is 6.60. The highest BCUT2D eigenvalue weighted by Gasteiger charge is 2.24. The van der Waals surface area contributed by atoms with Crippen LogP contribution in [0.1, 0.15) is 27.4 Å². The van der Waals surface area contributed by atoms with Crippen LogP contribution in [0.15, 0.2) is 48.5 Å². The smallest absolute Gasteiger partial charge is 0.251 e. The molecule has 2 aromatic carbocycles. The van der Waals surface area contributed by atoms with Crippen molar-refractivity contribution in [2.24, 2.45) is 0 Å². The summed E-state index contributed by atoms with van der Waals surface area (Å²) in [6.45, 7) is 0.962. The SMILES string of the molecule is O=C(Cc1ccc(F)cc1)NCC1CNC(=O)c2ccccc21. The molecule has 2 amide bonds. The van der Waals surface area contributed by atoms with Crippen molar-refractivity contribution >= 4 is 11.8 Å². The minimum Gasteiger partial charge on any atom is -0.355 e. The zero-order valence-corrected chi connectivity index (χ0v) is 12.5. The van der Waals surface area contributed by atoms with Crippen molar-refractivity contribution in [1.82, 2.24) is 10.6 Å². The van der Waals surface area contributed by atoms with E-state index in [2.05, 4.69) is 10.6 Å². The van der Waals surface area contributed by atoms with Crippen LogP contribution in [0, 0.1) is 5.82 Å². The second-order valence-corrected chi connectivity index (χ2v) is 5.60. The average molecular weight is 312 g/mol. The van der Waals surface area contributed by atoms with E-state index in [-0.39, 0.29) is 30.0 Å². The van der Waals surface area contributed by atoms with E-state index in [0.29, 0.717) is 18.7 Å². The maximum Gasteiger partial charge on any atom is 0.251 e. The molecule has 0 spiro atoms. The number of rotatable bonds is 4. The first kappa shape index (κ1) is 15.2. The average Bonchev–Trinajstić information content (AvgIpc) is 2.57. The fourth-order valence-corrected chi connectivity index (χ4v) is 2.75. The summed E-state index contributed by atoms with van der Waals surface area (Å²) >= 11 is 0. The molecule has 0 bridgehead atoms. The number of amides is 2. The van der Waals surface area contributed by atoms with Crippen LogP contribution >= 0.6 is 0 Å². The summed E-state index contributed by atoms with van der Waals surface area (Å²) in [4.78, 5) is 23.8. The number of carbonyl (C=O) groups is 2. The predicted octanol–water partition coefficient (Wildman–Crippen LogP) is 2.01. The standard InChI is InChI=1S/C18H17FN2O2/c19-14-7-5-12(6-8-14)9-17(22)20-10-13-11-21-18(23)16-4-2-1-3-15(13)16/h1-8,13H,9-11H2,(H,20,22)(H,21,23). The van der Waals surface area contributed by atoms with E-state index < -0.39 is 0 Å². The lowest BCUT2D eigenvalue weighted by atomic mass is 9.90. The molecule has 5 heteroatoms. The Morgan fingerprint density at radius 1 is 1.17 bits per heavy atom. The lowest BCUT2D eigenvalue weighted by Gasteiger charge is -2.25. The van der Waals surface area contributed by atoms with Crippen LogP contribution in [0.2, 0.25) is 0 Å². The molecule has 0 aliphatic carbocycles. The maximum atomic E-state index is 12.9. The Kier molecular flexibility index (Phi) is 4.37. The molecule has 0 radical (unpaired) electrons. The van der Waals surface area contributed by atoms with Gasteiger partial charge >= 0.3 is 0 Å². The molecule has 0 fully saturated rings. The first-order valence-corrected chi connectivity index (χ1v) is 7.52. The molecule has 1 aliphatic rings. The number of hydrogen-bond donors (Lipinski definition) is 2. The van der Waals surface area contributed by atoms with Gasteiger partial charge in [0.1, 0.15) is 5.82 Å². The normalized spacial score (nSPS) is 16.4. The van der Waals surface area contributed by atoms with E-state index in [9.17, 15) is 14.0 Å². The van der Waals surface area contributed by atoms with Crippen LogP contribution in [-0.4, -0.2) is 24.9 Å². The van der Waals surface area contributed by atoms with Crippen LogP contribution in [0.5, 0.6) is 0 Å². The molecule has 4 nitrogen and oxygen atoms in total. The molecule has 2 N–H and O–H groups in total. The first-order chi connectivity index (χ1) is 11.1. The molecule has 0 aromatic heterocycles. The molecular weight excluding hydrogens is 295 g/mol. The van der Waals surface area contributed by atoms with Gasteiger partial charge in [-0.1, -0.05) is 30.3 Å². The Morgan fingerprint density at radius 2 is 1.91 bits per heavy atom. The molecule has 23 heavy (non-hydrogen) atoms. The molecule has 2 aromatic rings. The van der Waals surface area contributed by atoms with Gasteiger partial charge in [-0.3, -0.25) is 9.59 Å². The number of fused-ring (bicyclic) bond motifs is 1. The quantitative estimate of drug-likeness (QED) is 0.907. The molecule has 0 saturated heterocycles. The largest absolute Gasteiger partial charge is 0.355 e. The Labute approximate surface area is 133 Å². The first-order valence-electron chi connectivity index (χ1n) is 7.52. The summed E-state index contributed by atoms with van der Waals surface area (Å²) in [6, 6.07) is 13.3. The van der Waals surface area contributed by atoms with Crippen LogP contribution in [0.25, 0.3) is 0 Å². The second-order valence-electron chi connectivity index (χ2n) is 5.60. The molecule has 1 atom stereocenters. The topological polar surface area (TPSA) is 58.2 Å². The predicted molar refractivity (Wildman–Crippen MR) is 84.6 cm³/mol. The Morgan fingerprint density at radius 3 is 2.70 bits per heavy atom. The monoisotopic (exact) mass is 312 g/mol. The molecule has 0 saturated carbocycles. The maximum absolute atomic E-state index is 12.9. The van der Waals surface area contributed by atoms with E-state index >= 15 is 0 Å². The number of hydrogen-bond acceptors (Lipinski definition) is 2. The lowest BCUT2D eigenvalue weighted by Crippen LogP contribution is -2.40. The van der Waals surface area contributed by atoms with Crippen LogP contribution in [0.3, 0.4) is 0 Å². The third kappa shape index (κ3) is 3.56. The van der Waals surface area contributed by atoms with Gasteiger partial charge in [-0.25, -0.2) is 4.39 Å². The summed E-state index contributed by atoms with van der Waals surface area (Å²) in [5.41, 5.74) is 2.39. The molecule has 1 unspecified atom stereocenters. The van der Waals surface area contributed by atoms with Crippen molar-refractivity contribution in [3.05, 3.63) is 71.0 Å². The van der Waals surface area contributed by atoms with Crippen molar-refractivity contribution in [3.63, 3.8) is 0 Å². The van der Waals surface area contributed by atoms with Gasteiger partial charge in [-0.2, -0.15) is 0 Å². The van der Waals surface area contributed by atoms with Crippen molar-refractivity contribution in [2.75, 3.05) is 13.1 Å². The Hall–Kier alpha value is -2.69. The third-order valence-corrected chi connectivity index (χ3v) is 3.98. The van der Waals surface area contributed by atoms with Crippen molar-refractivity contribution < 1.29 is 14.0 Å². The van der Waals surface area contributed by atoms with Crippen LogP contribution < -0.4 is 10.6 Å². The summed E-state index contributed by atoms with van der Waals surface area (Å²) in [5, 5.41) is 5.72. The zero-order chi connectivity index (χ0) is 16.2. The van der Waals surface area contributed by atoms with Crippen LogP contribution in [-0.2, 0) is 11.2 Å². The highest BCUT2D eigenvalue weighted by atomic mass is 19.1. The highest BCUT2D eigenvalue weighted by molar-refractivity contribution is 5.97. The zero-order valence-electron chi connectivity index (χ0n) is 12.5. The summed E-state index contributed by atoms with van der Waals surface area (Å²) in [6.07, 6.45) is 0.209. The van der Waals surface area contributed by atoms with Crippen molar-refractivity contribution in [2.45, 2.75) is 12.3 Å². The Bertz CT molecular complexity index is 728. The van der Waals surface area contributed by atoms with E-state index in [0.717, 1.165) is 11.1 Å². The minimum atomic E-state index is -0.316.